The average Bonchev–Trinajstić information content (AvgIpc) is 2.15. The molecular weight excluding hydrogens is 259 g/mol. The van der Waals surface area contributed by atoms with Crippen LogP contribution in [0.2, 0.25) is 0 Å². The van der Waals surface area contributed by atoms with Gasteiger partial charge in [0.25, 0.3) is 0 Å². The third kappa shape index (κ3) is 3.90. The van der Waals surface area contributed by atoms with Crippen molar-refractivity contribution in [2.75, 3.05) is 7.11 Å². The molecule has 1 atom stereocenters. The Morgan fingerprint density at radius 1 is 1.35 bits per heavy atom. The zero-order valence-corrected chi connectivity index (χ0v) is 9.69. The van der Waals surface area contributed by atoms with Crippen LogP contribution >= 0.6 is 12.4 Å². The van der Waals surface area contributed by atoms with Crippen LogP contribution in [-0.2, 0) is 9.53 Å². The number of carbonyl (C=O) groups is 1. The number of esters is 1. The second-order valence-electron chi connectivity index (χ2n) is 3.17. The van der Waals surface area contributed by atoms with Gasteiger partial charge in [0.1, 0.15) is 17.5 Å². The number of rotatable bonds is 3. The van der Waals surface area contributed by atoms with E-state index in [-0.39, 0.29) is 18.8 Å². The summed E-state index contributed by atoms with van der Waals surface area (Å²) in [5.74, 6) is -3.97. The molecule has 0 saturated carbocycles. The van der Waals surface area contributed by atoms with Gasteiger partial charge in [-0.1, -0.05) is 0 Å². The Bertz CT molecular complexity index is 392. The molecule has 0 aliphatic heterocycles. The molecule has 0 bridgehead atoms. The first-order chi connectivity index (χ1) is 7.45. The third-order valence-corrected chi connectivity index (χ3v) is 2.03. The van der Waals surface area contributed by atoms with E-state index in [2.05, 4.69) is 4.74 Å². The summed E-state index contributed by atoms with van der Waals surface area (Å²) in [6.45, 7) is 0. The lowest BCUT2D eigenvalue weighted by atomic mass is 10.0. The zero-order chi connectivity index (χ0) is 12.3. The summed E-state index contributed by atoms with van der Waals surface area (Å²) in [7, 11) is 1.13. The molecule has 0 amide bonds. The molecule has 1 aromatic carbocycles. The highest BCUT2D eigenvalue weighted by Crippen LogP contribution is 2.22. The first-order valence-electron chi connectivity index (χ1n) is 4.42. The van der Waals surface area contributed by atoms with Gasteiger partial charge < -0.3 is 10.5 Å². The highest BCUT2D eigenvalue weighted by Gasteiger charge is 2.20. The molecule has 0 radical (unpaired) electrons. The van der Waals surface area contributed by atoms with Crippen LogP contribution in [0, 0.1) is 17.5 Å². The summed E-state index contributed by atoms with van der Waals surface area (Å²) >= 11 is 0. The summed E-state index contributed by atoms with van der Waals surface area (Å²) in [4.78, 5) is 10.9. The van der Waals surface area contributed by atoms with Gasteiger partial charge in [-0.15, -0.1) is 12.4 Å². The van der Waals surface area contributed by atoms with Crippen molar-refractivity contribution in [3.8, 4) is 0 Å². The van der Waals surface area contributed by atoms with E-state index in [1.54, 1.807) is 0 Å². The maximum atomic E-state index is 13.2. The molecule has 96 valence electrons. The first kappa shape index (κ1) is 15.7. The lowest BCUT2D eigenvalue weighted by molar-refractivity contribution is -0.141. The van der Waals surface area contributed by atoms with Crippen LogP contribution < -0.4 is 5.73 Å². The number of methoxy groups -OCH3 is 1. The molecule has 0 fully saturated rings. The molecule has 0 heterocycles. The van der Waals surface area contributed by atoms with Gasteiger partial charge in [-0.3, -0.25) is 4.79 Å². The van der Waals surface area contributed by atoms with Gasteiger partial charge in [0, 0.05) is 23.7 Å². The van der Waals surface area contributed by atoms with Crippen LogP contribution in [-0.4, -0.2) is 13.1 Å². The van der Waals surface area contributed by atoms with Gasteiger partial charge in [-0.25, -0.2) is 13.2 Å². The summed E-state index contributed by atoms with van der Waals surface area (Å²) in [5.41, 5.74) is 4.90. The van der Waals surface area contributed by atoms with Gasteiger partial charge in [0.15, 0.2) is 0 Å². The van der Waals surface area contributed by atoms with E-state index in [4.69, 9.17) is 5.73 Å². The van der Waals surface area contributed by atoms with E-state index in [0.29, 0.717) is 12.1 Å². The van der Waals surface area contributed by atoms with Gasteiger partial charge in [-0.05, 0) is 0 Å². The minimum atomic E-state index is -1.20. The van der Waals surface area contributed by atoms with Gasteiger partial charge >= 0.3 is 5.97 Å². The fourth-order valence-electron chi connectivity index (χ4n) is 1.27. The van der Waals surface area contributed by atoms with E-state index in [1.807, 2.05) is 0 Å². The van der Waals surface area contributed by atoms with E-state index in [9.17, 15) is 18.0 Å². The third-order valence-electron chi connectivity index (χ3n) is 2.03. The second-order valence-corrected chi connectivity index (χ2v) is 3.17. The van der Waals surface area contributed by atoms with Crippen LogP contribution in [0.3, 0.4) is 0 Å². The van der Waals surface area contributed by atoms with Crippen molar-refractivity contribution in [2.24, 2.45) is 5.73 Å². The van der Waals surface area contributed by atoms with Crippen molar-refractivity contribution in [3.05, 3.63) is 35.1 Å². The molecule has 3 nitrogen and oxygen atoms in total. The molecule has 0 unspecified atom stereocenters. The van der Waals surface area contributed by atoms with Crippen LogP contribution in [0.1, 0.15) is 18.0 Å². The summed E-state index contributed by atoms with van der Waals surface area (Å²) in [6.07, 6.45) is -0.379. The number of carbonyl (C=O) groups excluding carboxylic acids is 1. The van der Waals surface area contributed by atoms with E-state index in [1.165, 1.54) is 0 Å². The van der Waals surface area contributed by atoms with Crippen molar-refractivity contribution in [1.82, 2.24) is 0 Å². The van der Waals surface area contributed by atoms with Crippen LogP contribution in [0.25, 0.3) is 0 Å². The molecule has 0 aromatic heterocycles. The monoisotopic (exact) mass is 269 g/mol. The minimum absolute atomic E-state index is 0. The molecular formula is C10H11ClF3NO2. The molecule has 1 rings (SSSR count). The Kier molecular flexibility index (Phi) is 5.98. The van der Waals surface area contributed by atoms with E-state index >= 15 is 0 Å². The summed E-state index contributed by atoms with van der Waals surface area (Å²) in [6, 6.07) is -0.182. The molecule has 2 N–H and O–H groups in total. The molecule has 0 saturated heterocycles. The number of hydrogen-bond donors (Lipinski definition) is 1. The van der Waals surface area contributed by atoms with Crippen molar-refractivity contribution in [2.45, 2.75) is 12.5 Å². The Balaban J connectivity index is 0.00000256. The Morgan fingerprint density at radius 2 is 1.82 bits per heavy atom. The molecule has 7 heteroatoms. The van der Waals surface area contributed by atoms with E-state index < -0.39 is 35.0 Å². The van der Waals surface area contributed by atoms with Gasteiger partial charge in [-0.2, -0.15) is 0 Å². The SMILES string of the molecule is COC(=O)C[C@H](N)c1c(F)cc(F)cc1F.Cl. The number of ether oxygens (including phenoxy) is 1. The Hall–Kier alpha value is -1.27. The number of halogens is 4. The second kappa shape index (κ2) is 6.46. The zero-order valence-electron chi connectivity index (χ0n) is 8.88. The predicted molar refractivity (Wildman–Crippen MR) is 57.1 cm³/mol. The lowest BCUT2D eigenvalue weighted by Crippen LogP contribution is -2.19. The first-order valence-corrected chi connectivity index (χ1v) is 4.42. The number of benzene rings is 1. The maximum Gasteiger partial charge on any atom is 0.307 e. The highest BCUT2D eigenvalue weighted by molar-refractivity contribution is 5.85. The highest BCUT2D eigenvalue weighted by atomic mass is 35.5. The minimum Gasteiger partial charge on any atom is -0.469 e. The van der Waals surface area contributed by atoms with Crippen LogP contribution in [0.4, 0.5) is 13.2 Å². The molecule has 0 spiro atoms. The van der Waals surface area contributed by atoms with Crippen molar-refractivity contribution in [3.63, 3.8) is 0 Å². The summed E-state index contributed by atoms with van der Waals surface area (Å²) in [5, 5.41) is 0. The topological polar surface area (TPSA) is 52.3 Å². The standard InChI is InChI=1S/C10H10F3NO2.ClH/c1-16-9(15)4-8(14)10-6(12)2-5(11)3-7(10)13;/h2-3,8H,4,14H2,1H3;1H/t8-;/m0./s1. The van der Waals surface area contributed by atoms with Gasteiger partial charge in [0.05, 0.1) is 13.5 Å². The Morgan fingerprint density at radius 3 is 2.24 bits per heavy atom. The normalized spacial score (nSPS) is 11.6. The predicted octanol–water partition coefficient (Wildman–Crippen LogP) is 2.09. The molecule has 17 heavy (non-hydrogen) atoms. The number of hydrogen-bond acceptors (Lipinski definition) is 3. The van der Waals surface area contributed by atoms with Crippen molar-refractivity contribution < 1.29 is 22.7 Å². The Labute approximate surface area is 102 Å². The van der Waals surface area contributed by atoms with Crippen molar-refractivity contribution >= 4 is 18.4 Å². The fraction of sp³-hybridized carbons (Fsp3) is 0.300. The van der Waals surface area contributed by atoms with Crippen LogP contribution in [0.15, 0.2) is 12.1 Å². The molecule has 1 aromatic rings. The van der Waals surface area contributed by atoms with E-state index in [0.717, 1.165) is 7.11 Å². The lowest BCUT2D eigenvalue weighted by Gasteiger charge is -2.12. The largest absolute Gasteiger partial charge is 0.469 e. The molecule has 0 aliphatic carbocycles. The maximum absolute atomic E-state index is 13.2. The smallest absolute Gasteiger partial charge is 0.307 e. The van der Waals surface area contributed by atoms with Crippen LogP contribution in [0.5, 0.6) is 0 Å². The number of nitrogens with two attached hydrogens (primary N) is 1. The van der Waals surface area contributed by atoms with Gasteiger partial charge in [0.2, 0.25) is 0 Å². The fourth-order valence-corrected chi connectivity index (χ4v) is 1.27. The quantitative estimate of drug-likeness (QED) is 0.855. The van der Waals surface area contributed by atoms with Crippen molar-refractivity contribution in [1.29, 1.82) is 0 Å². The summed E-state index contributed by atoms with van der Waals surface area (Å²) < 4.78 is 43.3. The average molecular weight is 270 g/mol. The molecule has 0 aliphatic rings.